The number of halogens is 1. The van der Waals surface area contributed by atoms with E-state index in [1.54, 1.807) is 10.7 Å². The molecule has 0 unspecified atom stereocenters. The summed E-state index contributed by atoms with van der Waals surface area (Å²) < 4.78 is 1.57. The fourth-order valence-corrected chi connectivity index (χ4v) is 1.73. The molecule has 84 valence electrons. The largest absolute Gasteiger partial charge is 0.382 e. The monoisotopic (exact) mass is 236 g/mol. The Morgan fingerprint density at radius 3 is 2.56 bits per heavy atom. The first-order valence-electron chi connectivity index (χ1n) is 5.07. The summed E-state index contributed by atoms with van der Waals surface area (Å²) in [7, 11) is 0. The second-order valence-corrected chi connectivity index (χ2v) is 4.29. The van der Waals surface area contributed by atoms with Crippen LogP contribution in [0.5, 0.6) is 0 Å². The van der Waals surface area contributed by atoms with Gasteiger partial charge in [0.05, 0.1) is 10.7 Å². The molecule has 2 rings (SSSR count). The van der Waals surface area contributed by atoms with Gasteiger partial charge in [0, 0.05) is 5.92 Å². The molecule has 0 atom stereocenters. The molecule has 16 heavy (non-hydrogen) atoms. The van der Waals surface area contributed by atoms with Gasteiger partial charge in [-0.2, -0.15) is 4.68 Å². The molecule has 0 aliphatic rings. The fraction of sp³-hybridized carbons (Fsp3) is 0.273. The maximum Gasteiger partial charge on any atom is 0.151 e. The highest BCUT2D eigenvalue weighted by molar-refractivity contribution is 6.32. The summed E-state index contributed by atoms with van der Waals surface area (Å²) in [6, 6.07) is 7.41. The van der Waals surface area contributed by atoms with Crippen molar-refractivity contribution in [2.45, 2.75) is 19.8 Å². The molecule has 1 aromatic carbocycles. The highest BCUT2D eigenvalue weighted by Crippen LogP contribution is 2.25. The molecule has 4 nitrogen and oxygen atoms in total. The van der Waals surface area contributed by atoms with Gasteiger partial charge in [0.15, 0.2) is 5.82 Å². The minimum Gasteiger partial charge on any atom is -0.382 e. The molecule has 1 aromatic heterocycles. The number of hydrogen-bond acceptors (Lipinski definition) is 3. The van der Waals surface area contributed by atoms with Crippen LogP contribution in [0.2, 0.25) is 5.02 Å². The van der Waals surface area contributed by atoms with Crippen LogP contribution in [0.25, 0.3) is 5.69 Å². The first kappa shape index (κ1) is 11.0. The van der Waals surface area contributed by atoms with Gasteiger partial charge < -0.3 is 5.73 Å². The topological polar surface area (TPSA) is 56.7 Å². The van der Waals surface area contributed by atoms with Crippen molar-refractivity contribution in [2.75, 3.05) is 5.73 Å². The van der Waals surface area contributed by atoms with E-state index >= 15 is 0 Å². The predicted octanol–water partition coefficient (Wildman–Crippen LogP) is 2.63. The maximum atomic E-state index is 6.08. The van der Waals surface area contributed by atoms with Crippen LogP contribution in [0.1, 0.15) is 25.5 Å². The summed E-state index contributed by atoms with van der Waals surface area (Å²) in [6.45, 7) is 4.05. The molecule has 2 aromatic rings. The van der Waals surface area contributed by atoms with E-state index in [2.05, 4.69) is 10.3 Å². The smallest absolute Gasteiger partial charge is 0.151 e. The first-order valence-corrected chi connectivity index (χ1v) is 5.45. The van der Waals surface area contributed by atoms with Crippen molar-refractivity contribution < 1.29 is 0 Å². The Kier molecular flexibility index (Phi) is 2.83. The quantitative estimate of drug-likeness (QED) is 0.872. The first-order chi connectivity index (χ1) is 7.61. The van der Waals surface area contributed by atoms with Gasteiger partial charge in [-0.05, 0) is 12.1 Å². The standard InChI is InChI=1S/C11H13ClN4/c1-7(2)10-11(13)16(15-14-10)9-6-4-3-5-8(9)12/h3-7H,13H2,1-2H3. The lowest BCUT2D eigenvalue weighted by Gasteiger charge is -2.06. The van der Waals surface area contributed by atoms with Gasteiger partial charge in [0.2, 0.25) is 0 Å². The number of rotatable bonds is 2. The van der Waals surface area contributed by atoms with Gasteiger partial charge >= 0.3 is 0 Å². The van der Waals surface area contributed by atoms with Gasteiger partial charge in [-0.25, -0.2) is 0 Å². The number of nitrogen functional groups attached to an aromatic ring is 1. The van der Waals surface area contributed by atoms with E-state index in [1.165, 1.54) is 0 Å². The molecule has 0 radical (unpaired) electrons. The summed E-state index contributed by atoms with van der Waals surface area (Å²) in [4.78, 5) is 0. The summed E-state index contributed by atoms with van der Waals surface area (Å²) in [5, 5.41) is 8.69. The van der Waals surface area contributed by atoms with E-state index in [1.807, 2.05) is 32.0 Å². The molecule has 5 heteroatoms. The fourth-order valence-electron chi connectivity index (χ4n) is 1.51. The lowest BCUT2D eigenvalue weighted by molar-refractivity contribution is 0.777. The summed E-state index contributed by atoms with van der Waals surface area (Å²) in [6.07, 6.45) is 0. The molecule has 0 aliphatic carbocycles. The van der Waals surface area contributed by atoms with Crippen molar-refractivity contribution in [3.8, 4) is 5.69 Å². The van der Waals surface area contributed by atoms with Crippen molar-refractivity contribution in [1.29, 1.82) is 0 Å². The van der Waals surface area contributed by atoms with E-state index in [0.717, 1.165) is 11.4 Å². The van der Waals surface area contributed by atoms with Crippen LogP contribution in [-0.4, -0.2) is 15.0 Å². The highest BCUT2D eigenvalue weighted by Gasteiger charge is 2.15. The average molecular weight is 237 g/mol. The van der Waals surface area contributed by atoms with Gasteiger partial charge in [-0.3, -0.25) is 0 Å². The molecule has 0 saturated carbocycles. The third kappa shape index (κ3) is 1.76. The molecule has 0 bridgehead atoms. The maximum absolute atomic E-state index is 6.08. The van der Waals surface area contributed by atoms with Crippen molar-refractivity contribution in [1.82, 2.24) is 15.0 Å². The minimum absolute atomic E-state index is 0.247. The Labute approximate surface area is 99.0 Å². The molecule has 0 fully saturated rings. The number of para-hydroxylation sites is 1. The normalized spacial score (nSPS) is 11.0. The van der Waals surface area contributed by atoms with E-state index in [-0.39, 0.29) is 5.92 Å². The van der Waals surface area contributed by atoms with Crippen LogP contribution in [0, 0.1) is 0 Å². The Morgan fingerprint density at radius 2 is 2.00 bits per heavy atom. The SMILES string of the molecule is CC(C)c1nnn(-c2ccccc2Cl)c1N. The zero-order chi connectivity index (χ0) is 11.7. The van der Waals surface area contributed by atoms with E-state index in [0.29, 0.717) is 10.8 Å². The van der Waals surface area contributed by atoms with E-state index < -0.39 is 0 Å². The van der Waals surface area contributed by atoms with Gasteiger partial charge in [0.25, 0.3) is 0 Å². The average Bonchev–Trinajstić information content (AvgIpc) is 2.61. The lowest BCUT2D eigenvalue weighted by atomic mass is 10.1. The number of anilines is 1. The van der Waals surface area contributed by atoms with Gasteiger partial charge in [-0.1, -0.05) is 42.8 Å². The number of aromatic nitrogens is 3. The molecule has 0 amide bonds. The van der Waals surface area contributed by atoms with Crippen LogP contribution in [-0.2, 0) is 0 Å². The second-order valence-electron chi connectivity index (χ2n) is 3.88. The van der Waals surface area contributed by atoms with Crippen molar-refractivity contribution in [2.24, 2.45) is 0 Å². The molecule has 2 N–H and O–H groups in total. The summed E-state index contributed by atoms with van der Waals surface area (Å²) in [5.74, 6) is 0.791. The third-order valence-corrected chi connectivity index (χ3v) is 2.68. The highest BCUT2D eigenvalue weighted by atomic mass is 35.5. The van der Waals surface area contributed by atoms with Crippen molar-refractivity contribution in [3.05, 3.63) is 35.0 Å². The third-order valence-electron chi connectivity index (χ3n) is 2.36. The molecule has 0 aliphatic heterocycles. The lowest BCUT2D eigenvalue weighted by Crippen LogP contribution is -2.04. The zero-order valence-electron chi connectivity index (χ0n) is 9.18. The molecular weight excluding hydrogens is 224 g/mol. The van der Waals surface area contributed by atoms with Gasteiger partial charge in [0.1, 0.15) is 5.69 Å². The Bertz CT molecular complexity index is 504. The number of benzene rings is 1. The number of hydrogen-bond donors (Lipinski definition) is 1. The summed E-state index contributed by atoms with van der Waals surface area (Å²) in [5.41, 5.74) is 7.53. The van der Waals surface area contributed by atoms with Crippen molar-refractivity contribution in [3.63, 3.8) is 0 Å². The number of nitrogens with zero attached hydrogens (tertiary/aromatic N) is 3. The Hall–Kier alpha value is -1.55. The molecule has 0 saturated heterocycles. The minimum atomic E-state index is 0.247. The van der Waals surface area contributed by atoms with Crippen LogP contribution in [0.3, 0.4) is 0 Å². The van der Waals surface area contributed by atoms with E-state index in [9.17, 15) is 0 Å². The van der Waals surface area contributed by atoms with Crippen LogP contribution in [0.15, 0.2) is 24.3 Å². The second kappa shape index (κ2) is 4.14. The zero-order valence-corrected chi connectivity index (χ0v) is 9.94. The van der Waals surface area contributed by atoms with Crippen LogP contribution < -0.4 is 5.73 Å². The Balaban J connectivity index is 2.54. The molecular formula is C11H13ClN4. The van der Waals surface area contributed by atoms with Crippen molar-refractivity contribution >= 4 is 17.4 Å². The number of nitrogens with two attached hydrogens (primary N) is 1. The van der Waals surface area contributed by atoms with Crippen LogP contribution in [0.4, 0.5) is 5.82 Å². The summed E-state index contributed by atoms with van der Waals surface area (Å²) >= 11 is 6.08. The Morgan fingerprint density at radius 1 is 1.31 bits per heavy atom. The molecule has 1 heterocycles. The van der Waals surface area contributed by atoms with Gasteiger partial charge in [-0.15, -0.1) is 5.10 Å². The van der Waals surface area contributed by atoms with Crippen LogP contribution >= 0.6 is 11.6 Å². The predicted molar refractivity (Wildman–Crippen MR) is 64.9 cm³/mol. The molecule has 0 spiro atoms. The van der Waals surface area contributed by atoms with E-state index in [4.69, 9.17) is 17.3 Å².